The zero-order chi connectivity index (χ0) is 33.2. The SMILES string of the molecule is CC(C)(C)c1cccc2c1[C@H]1c3c(C(C)(C)C)ccc(C(C)(C)C)c3[C@H]2C(OC(=O)c2ccccc2)C1OC(=O)c1ccccc1. The van der Waals surface area contributed by atoms with Crippen molar-refractivity contribution >= 4 is 11.9 Å². The monoisotopic (exact) mass is 614 g/mol. The molecule has 4 aromatic carbocycles. The van der Waals surface area contributed by atoms with Gasteiger partial charge >= 0.3 is 11.9 Å². The molecule has 3 aliphatic carbocycles. The smallest absolute Gasteiger partial charge is 0.338 e. The van der Waals surface area contributed by atoms with Gasteiger partial charge in [-0.3, -0.25) is 0 Å². The molecule has 4 atom stereocenters. The number of carbonyl (C=O) groups excluding carboxylic acids is 2. The fraction of sp³-hybridized carbons (Fsp3) is 0.381. The standard InChI is InChI=1S/C42H46O4/c1-40(2,3)28-22-16-21-27-31(28)35-34-30(42(7,8)9)24-23-29(41(4,5)6)33(34)32(27)36(45-38(43)25-17-12-10-13-18-25)37(35)46-39(44)26-19-14-11-15-20-26/h10-24,32,35-37H,1-9H3/t32-,35-,36?,37?/m0/s1. The van der Waals surface area contributed by atoms with Crippen LogP contribution in [-0.4, -0.2) is 24.1 Å². The Morgan fingerprint density at radius 3 is 1.28 bits per heavy atom. The van der Waals surface area contributed by atoms with Crippen LogP contribution in [0.25, 0.3) is 0 Å². The van der Waals surface area contributed by atoms with Crippen molar-refractivity contribution in [3.63, 3.8) is 0 Å². The van der Waals surface area contributed by atoms with Gasteiger partial charge in [0.25, 0.3) is 0 Å². The summed E-state index contributed by atoms with van der Waals surface area (Å²) in [5, 5.41) is 0. The van der Waals surface area contributed by atoms with Crippen LogP contribution >= 0.6 is 0 Å². The van der Waals surface area contributed by atoms with Gasteiger partial charge in [-0.05, 0) is 79.5 Å². The maximum atomic E-state index is 13.9. The van der Waals surface area contributed by atoms with Crippen LogP contribution < -0.4 is 0 Å². The Hall–Kier alpha value is -4.18. The number of benzene rings is 4. The zero-order valence-electron chi connectivity index (χ0n) is 28.6. The minimum absolute atomic E-state index is 0.170. The molecule has 4 heteroatoms. The van der Waals surface area contributed by atoms with E-state index in [0.717, 1.165) is 5.56 Å². The van der Waals surface area contributed by atoms with Crippen molar-refractivity contribution in [2.24, 2.45) is 0 Å². The molecule has 0 fully saturated rings. The summed E-state index contributed by atoms with van der Waals surface area (Å²) < 4.78 is 13.2. The average Bonchev–Trinajstić information content (AvgIpc) is 3.00. The summed E-state index contributed by atoms with van der Waals surface area (Å²) in [4.78, 5) is 27.8. The second-order valence-electron chi connectivity index (χ2n) is 16.0. The van der Waals surface area contributed by atoms with Crippen LogP contribution in [0, 0.1) is 0 Å². The Bertz CT molecular complexity index is 1780. The highest BCUT2D eigenvalue weighted by atomic mass is 16.6. The molecule has 0 heterocycles. The second kappa shape index (κ2) is 11.3. The van der Waals surface area contributed by atoms with E-state index in [1.54, 1.807) is 24.3 Å². The van der Waals surface area contributed by atoms with Gasteiger partial charge in [0.05, 0.1) is 23.0 Å². The summed E-state index contributed by atoms with van der Waals surface area (Å²) in [6.45, 7) is 20.2. The Kier molecular flexibility index (Phi) is 7.78. The Labute approximate surface area is 274 Å². The molecule has 0 saturated carbocycles. The van der Waals surface area contributed by atoms with Crippen molar-refractivity contribution in [2.45, 2.75) is 103 Å². The number of hydrogen-bond acceptors (Lipinski definition) is 4. The molecule has 0 amide bonds. The Morgan fingerprint density at radius 2 is 0.848 bits per heavy atom. The molecule has 46 heavy (non-hydrogen) atoms. The summed E-state index contributed by atoms with van der Waals surface area (Å²) in [6, 6.07) is 29.3. The average molecular weight is 615 g/mol. The third kappa shape index (κ3) is 5.46. The predicted octanol–water partition coefficient (Wildman–Crippen LogP) is 9.62. The Morgan fingerprint density at radius 1 is 0.457 bits per heavy atom. The molecule has 0 spiro atoms. The van der Waals surface area contributed by atoms with Crippen LogP contribution in [0.5, 0.6) is 0 Å². The molecule has 4 nitrogen and oxygen atoms in total. The van der Waals surface area contributed by atoms with E-state index in [1.807, 2.05) is 36.4 Å². The molecule has 0 saturated heterocycles. The first-order chi connectivity index (χ1) is 21.6. The van der Waals surface area contributed by atoms with Gasteiger partial charge < -0.3 is 9.47 Å². The largest absolute Gasteiger partial charge is 0.454 e. The minimum Gasteiger partial charge on any atom is -0.454 e. The highest BCUT2D eigenvalue weighted by Gasteiger charge is 2.57. The fourth-order valence-corrected chi connectivity index (χ4v) is 7.62. The highest BCUT2D eigenvalue weighted by Crippen LogP contribution is 2.60. The third-order valence-electron chi connectivity index (χ3n) is 9.61. The van der Waals surface area contributed by atoms with Crippen LogP contribution in [0.2, 0.25) is 0 Å². The van der Waals surface area contributed by atoms with Crippen molar-refractivity contribution in [3.05, 3.63) is 141 Å². The van der Waals surface area contributed by atoms with E-state index in [9.17, 15) is 9.59 Å². The maximum Gasteiger partial charge on any atom is 0.338 e. The van der Waals surface area contributed by atoms with Crippen molar-refractivity contribution in [1.82, 2.24) is 0 Å². The van der Waals surface area contributed by atoms with Gasteiger partial charge in [0.15, 0.2) is 12.2 Å². The molecule has 0 aliphatic heterocycles. The van der Waals surface area contributed by atoms with Crippen LogP contribution in [0.15, 0.2) is 91.0 Å². The lowest BCUT2D eigenvalue weighted by Gasteiger charge is -2.53. The summed E-state index contributed by atoms with van der Waals surface area (Å²) in [5.41, 5.74) is 8.87. The maximum absolute atomic E-state index is 13.9. The van der Waals surface area contributed by atoms with E-state index in [2.05, 4.69) is 92.6 Å². The molecule has 2 bridgehead atoms. The van der Waals surface area contributed by atoms with Gasteiger partial charge in [0.1, 0.15) is 0 Å². The second-order valence-corrected chi connectivity index (χ2v) is 16.0. The molecular weight excluding hydrogens is 568 g/mol. The molecule has 0 radical (unpaired) electrons. The zero-order valence-corrected chi connectivity index (χ0v) is 28.6. The lowest BCUT2D eigenvalue weighted by Crippen LogP contribution is -2.53. The van der Waals surface area contributed by atoms with E-state index in [4.69, 9.17) is 9.47 Å². The van der Waals surface area contributed by atoms with Crippen LogP contribution in [-0.2, 0) is 25.7 Å². The van der Waals surface area contributed by atoms with Crippen LogP contribution in [0.4, 0.5) is 0 Å². The van der Waals surface area contributed by atoms with E-state index >= 15 is 0 Å². The van der Waals surface area contributed by atoms with Crippen LogP contribution in [0.1, 0.15) is 134 Å². The first-order valence-electron chi connectivity index (χ1n) is 16.4. The summed E-state index contributed by atoms with van der Waals surface area (Å²) in [6.07, 6.45) is -1.46. The van der Waals surface area contributed by atoms with Crippen molar-refractivity contribution in [1.29, 1.82) is 0 Å². The van der Waals surface area contributed by atoms with Crippen molar-refractivity contribution in [3.8, 4) is 0 Å². The van der Waals surface area contributed by atoms with Crippen molar-refractivity contribution < 1.29 is 19.1 Å². The predicted molar refractivity (Wildman–Crippen MR) is 184 cm³/mol. The molecule has 3 aliphatic rings. The molecule has 4 aromatic rings. The molecule has 0 aromatic heterocycles. The highest BCUT2D eigenvalue weighted by molar-refractivity contribution is 5.91. The quantitative estimate of drug-likeness (QED) is 0.215. The number of hydrogen-bond donors (Lipinski definition) is 0. The summed E-state index contributed by atoms with van der Waals surface area (Å²) in [5.74, 6) is -1.49. The van der Waals surface area contributed by atoms with E-state index < -0.39 is 24.1 Å². The van der Waals surface area contributed by atoms with Crippen molar-refractivity contribution in [2.75, 3.05) is 0 Å². The summed E-state index contributed by atoms with van der Waals surface area (Å²) in [7, 11) is 0. The van der Waals surface area contributed by atoms with Gasteiger partial charge in [0.2, 0.25) is 0 Å². The van der Waals surface area contributed by atoms with Crippen LogP contribution in [0.3, 0.4) is 0 Å². The van der Waals surface area contributed by atoms with E-state index in [0.29, 0.717) is 11.1 Å². The lowest BCUT2D eigenvalue weighted by atomic mass is 9.54. The number of fused-ring (bicyclic) bond motifs is 1. The first-order valence-corrected chi connectivity index (χ1v) is 16.4. The molecule has 7 rings (SSSR count). The van der Waals surface area contributed by atoms with Gasteiger partial charge in [-0.25, -0.2) is 9.59 Å². The number of rotatable bonds is 4. The third-order valence-corrected chi connectivity index (χ3v) is 9.61. The number of ether oxygens (including phenoxy) is 2. The minimum atomic E-state index is -0.731. The van der Waals surface area contributed by atoms with E-state index in [-0.39, 0.29) is 28.1 Å². The molecule has 0 N–H and O–H groups in total. The number of esters is 2. The topological polar surface area (TPSA) is 52.6 Å². The van der Waals surface area contributed by atoms with E-state index in [1.165, 1.54) is 33.4 Å². The van der Waals surface area contributed by atoms with Gasteiger partial charge in [-0.1, -0.05) is 129 Å². The van der Waals surface area contributed by atoms with Gasteiger partial charge in [0, 0.05) is 0 Å². The normalized spacial score (nSPS) is 20.5. The van der Waals surface area contributed by atoms with Gasteiger partial charge in [-0.2, -0.15) is 0 Å². The Balaban J connectivity index is 1.68. The molecular formula is C42H46O4. The fourth-order valence-electron chi connectivity index (χ4n) is 7.62. The summed E-state index contributed by atoms with van der Waals surface area (Å²) >= 11 is 0. The van der Waals surface area contributed by atoms with Gasteiger partial charge in [-0.15, -0.1) is 0 Å². The first kappa shape index (κ1) is 31.8. The molecule has 238 valence electrons. The number of carbonyl (C=O) groups is 2. The molecule has 2 unspecified atom stereocenters. The lowest BCUT2D eigenvalue weighted by molar-refractivity contribution is -0.0564.